The van der Waals surface area contributed by atoms with Gasteiger partial charge in [-0.15, -0.1) is 0 Å². The second kappa shape index (κ2) is 11.7. The van der Waals surface area contributed by atoms with E-state index in [1.54, 1.807) is 0 Å². The summed E-state index contributed by atoms with van der Waals surface area (Å²) >= 11 is 0. The first-order valence-corrected chi connectivity index (χ1v) is 10.2. The van der Waals surface area contributed by atoms with Crippen molar-refractivity contribution in [2.45, 2.75) is 32.8 Å². The third-order valence-electron chi connectivity index (χ3n) is 4.36. The predicted molar refractivity (Wildman–Crippen MR) is 113 cm³/mol. The molecule has 0 atom stereocenters. The summed E-state index contributed by atoms with van der Waals surface area (Å²) < 4.78 is 16.3. The van der Waals surface area contributed by atoms with Crippen LogP contribution in [0, 0.1) is 0 Å². The lowest BCUT2D eigenvalue weighted by atomic mass is 10.2. The zero-order valence-corrected chi connectivity index (χ0v) is 17.2. The van der Waals surface area contributed by atoms with Crippen LogP contribution in [0.4, 0.5) is 0 Å². The number of hydrogen-bond acceptors (Lipinski definition) is 6. The molecule has 3 aromatic rings. The Hall–Kier alpha value is -3.19. The number of nitrogens with one attached hydrogen (secondary N) is 1. The highest BCUT2D eigenvalue weighted by Crippen LogP contribution is 2.20. The molecule has 158 valence electrons. The number of hydrogen-bond donors (Lipinski definition) is 1. The summed E-state index contributed by atoms with van der Waals surface area (Å²) in [6.07, 6.45) is 1.47. The molecule has 0 aliphatic heterocycles. The average molecular weight is 409 g/mol. The monoisotopic (exact) mass is 409 g/mol. The number of ether oxygens (including phenoxy) is 2. The Kier molecular flexibility index (Phi) is 8.41. The topological polar surface area (TPSA) is 86.5 Å². The van der Waals surface area contributed by atoms with E-state index in [9.17, 15) is 4.79 Å². The number of carbonyl (C=O) groups is 1. The first kappa shape index (κ1) is 21.5. The smallest absolute Gasteiger partial charge is 0.227 e. The van der Waals surface area contributed by atoms with Gasteiger partial charge in [-0.05, 0) is 43.2 Å². The SMILES string of the molecule is CCOc1ccc(-c2noc(CCC(=O)NCCCOCc3ccccc3)n2)cc1. The van der Waals surface area contributed by atoms with Crippen molar-refractivity contribution in [3.8, 4) is 17.1 Å². The molecule has 1 N–H and O–H groups in total. The van der Waals surface area contributed by atoms with E-state index in [1.807, 2.05) is 61.5 Å². The number of benzene rings is 2. The minimum atomic E-state index is -0.0427. The molecule has 7 nitrogen and oxygen atoms in total. The van der Waals surface area contributed by atoms with Crippen LogP contribution in [-0.2, 0) is 22.6 Å². The fourth-order valence-corrected chi connectivity index (χ4v) is 2.82. The van der Waals surface area contributed by atoms with Gasteiger partial charge >= 0.3 is 0 Å². The molecule has 3 rings (SSSR count). The van der Waals surface area contributed by atoms with Gasteiger partial charge in [0.2, 0.25) is 17.6 Å². The molecule has 0 aliphatic carbocycles. The van der Waals surface area contributed by atoms with E-state index in [2.05, 4.69) is 15.5 Å². The first-order chi connectivity index (χ1) is 14.7. The Morgan fingerprint density at radius 2 is 1.90 bits per heavy atom. The molecule has 0 unspecified atom stereocenters. The van der Waals surface area contributed by atoms with Crippen molar-refractivity contribution < 1.29 is 18.8 Å². The van der Waals surface area contributed by atoms with Crippen molar-refractivity contribution in [2.75, 3.05) is 19.8 Å². The van der Waals surface area contributed by atoms with Crippen LogP contribution in [0.25, 0.3) is 11.4 Å². The third kappa shape index (κ3) is 7.00. The highest BCUT2D eigenvalue weighted by atomic mass is 16.5. The van der Waals surface area contributed by atoms with Gasteiger partial charge in [0.15, 0.2) is 0 Å². The van der Waals surface area contributed by atoms with Crippen molar-refractivity contribution in [2.24, 2.45) is 0 Å². The van der Waals surface area contributed by atoms with Gasteiger partial charge < -0.3 is 19.3 Å². The Morgan fingerprint density at radius 1 is 1.10 bits per heavy atom. The molecule has 0 fully saturated rings. The quantitative estimate of drug-likeness (QED) is 0.458. The molecule has 1 heterocycles. The van der Waals surface area contributed by atoms with Crippen molar-refractivity contribution in [1.29, 1.82) is 0 Å². The number of aryl methyl sites for hydroxylation is 1. The highest BCUT2D eigenvalue weighted by Gasteiger charge is 2.11. The first-order valence-electron chi connectivity index (χ1n) is 10.2. The van der Waals surface area contributed by atoms with Gasteiger partial charge in [0, 0.05) is 31.6 Å². The molecule has 0 saturated heterocycles. The van der Waals surface area contributed by atoms with Gasteiger partial charge in [0.1, 0.15) is 5.75 Å². The van der Waals surface area contributed by atoms with Crippen molar-refractivity contribution in [1.82, 2.24) is 15.5 Å². The summed E-state index contributed by atoms with van der Waals surface area (Å²) in [5, 5.41) is 6.87. The van der Waals surface area contributed by atoms with Gasteiger partial charge in [-0.2, -0.15) is 4.98 Å². The van der Waals surface area contributed by atoms with Crippen LogP contribution in [0.5, 0.6) is 5.75 Å². The maximum atomic E-state index is 12.0. The van der Waals surface area contributed by atoms with Crippen LogP contribution >= 0.6 is 0 Å². The molecule has 30 heavy (non-hydrogen) atoms. The third-order valence-corrected chi connectivity index (χ3v) is 4.36. The highest BCUT2D eigenvalue weighted by molar-refractivity contribution is 5.75. The van der Waals surface area contributed by atoms with Crippen molar-refractivity contribution >= 4 is 5.91 Å². The van der Waals surface area contributed by atoms with Gasteiger partial charge in [-0.1, -0.05) is 35.5 Å². The predicted octanol–water partition coefficient (Wildman–Crippen LogP) is 3.79. The van der Waals surface area contributed by atoms with Gasteiger partial charge in [0.05, 0.1) is 13.2 Å². The molecular weight excluding hydrogens is 382 g/mol. The lowest BCUT2D eigenvalue weighted by Gasteiger charge is -2.06. The standard InChI is InChI=1S/C23H27N3O4/c1-2-29-20-11-9-19(10-12-20)23-25-22(30-26-23)14-13-21(27)24-15-6-16-28-17-18-7-4-3-5-8-18/h3-5,7-12H,2,6,13-17H2,1H3,(H,24,27). The summed E-state index contributed by atoms with van der Waals surface area (Å²) in [6, 6.07) is 17.5. The Labute approximate surface area is 176 Å². The molecule has 2 aromatic carbocycles. The molecular formula is C23H27N3O4. The molecule has 0 bridgehead atoms. The largest absolute Gasteiger partial charge is 0.494 e. The van der Waals surface area contributed by atoms with Gasteiger partial charge in [0.25, 0.3) is 0 Å². The van der Waals surface area contributed by atoms with Crippen LogP contribution in [0.3, 0.4) is 0 Å². The number of amides is 1. The van der Waals surface area contributed by atoms with E-state index in [0.717, 1.165) is 23.3 Å². The fraction of sp³-hybridized carbons (Fsp3) is 0.348. The summed E-state index contributed by atoms with van der Waals surface area (Å²) in [6.45, 7) is 4.33. The normalized spacial score (nSPS) is 10.7. The van der Waals surface area contributed by atoms with E-state index >= 15 is 0 Å². The molecule has 7 heteroatoms. The number of carbonyl (C=O) groups excluding carboxylic acids is 1. The summed E-state index contributed by atoms with van der Waals surface area (Å²) in [5.74, 6) is 1.70. The zero-order valence-electron chi connectivity index (χ0n) is 17.2. The Balaban J connectivity index is 1.31. The lowest BCUT2D eigenvalue weighted by Crippen LogP contribution is -2.25. The van der Waals surface area contributed by atoms with Gasteiger partial charge in [-0.3, -0.25) is 4.79 Å². The second-order valence-corrected chi connectivity index (χ2v) is 6.71. The van der Waals surface area contributed by atoms with E-state index < -0.39 is 0 Å². The summed E-state index contributed by atoms with van der Waals surface area (Å²) in [4.78, 5) is 16.3. The maximum absolute atomic E-state index is 12.0. The van der Waals surface area contributed by atoms with E-state index in [-0.39, 0.29) is 5.91 Å². The van der Waals surface area contributed by atoms with Crippen molar-refractivity contribution in [3.63, 3.8) is 0 Å². The lowest BCUT2D eigenvalue weighted by molar-refractivity contribution is -0.121. The Morgan fingerprint density at radius 3 is 2.67 bits per heavy atom. The minimum Gasteiger partial charge on any atom is -0.494 e. The van der Waals surface area contributed by atoms with Crippen LogP contribution in [0.15, 0.2) is 59.1 Å². The number of nitrogens with zero attached hydrogens (tertiary/aromatic N) is 2. The molecule has 1 aromatic heterocycles. The van der Waals surface area contributed by atoms with E-state index in [4.69, 9.17) is 14.0 Å². The molecule has 0 saturated carbocycles. The molecule has 0 spiro atoms. The van der Waals surface area contributed by atoms with Crippen LogP contribution in [0.1, 0.15) is 31.2 Å². The second-order valence-electron chi connectivity index (χ2n) is 6.71. The van der Waals surface area contributed by atoms with Gasteiger partial charge in [-0.25, -0.2) is 0 Å². The van der Waals surface area contributed by atoms with E-state index in [0.29, 0.717) is 50.9 Å². The van der Waals surface area contributed by atoms with Crippen molar-refractivity contribution in [3.05, 3.63) is 66.1 Å². The number of aromatic nitrogens is 2. The molecule has 0 radical (unpaired) electrons. The van der Waals surface area contributed by atoms with Crippen LogP contribution in [0.2, 0.25) is 0 Å². The molecule has 0 aliphatic rings. The molecule has 1 amide bonds. The maximum Gasteiger partial charge on any atom is 0.227 e. The van der Waals surface area contributed by atoms with Crippen LogP contribution in [-0.4, -0.2) is 35.8 Å². The Bertz CT molecular complexity index is 894. The summed E-state index contributed by atoms with van der Waals surface area (Å²) in [5.41, 5.74) is 1.99. The number of rotatable bonds is 12. The fourth-order valence-electron chi connectivity index (χ4n) is 2.82. The van der Waals surface area contributed by atoms with Crippen LogP contribution < -0.4 is 10.1 Å². The summed E-state index contributed by atoms with van der Waals surface area (Å²) in [7, 11) is 0. The van der Waals surface area contributed by atoms with E-state index in [1.165, 1.54) is 0 Å². The zero-order chi connectivity index (χ0) is 21.0. The average Bonchev–Trinajstić information content (AvgIpc) is 3.25. The minimum absolute atomic E-state index is 0.0427.